The zero-order valence-corrected chi connectivity index (χ0v) is 8.88. The summed E-state index contributed by atoms with van der Waals surface area (Å²) in [5, 5.41) is 11.1. The van der Waals surface area contributed by atoms with Gasteiger partial charge in [0.15, 0.2) is 0 Å². The minimum atomic E-state index is -1.19. The van der Waals surface area contributed by atoms with Crippen LogP contribution in [0.25, 0.3) is 0 Å². The second-order valence-electron chi connectivity index (χ2n) is 4.57. The summed E-state index contributed by atoms with van der Waals surface area (Å²) in [6.45, 7) is 2.92. The molecule has 0 aliphatic carbocycles. The van der Waals surface area contributed by atoms with E-state index in [1.165, 1.54) is 0 Å². The lowest BCUT2D eigenvalue weighted by Crippen LogP contribution is -2.45. The highest BCUT2D eigenvalue weighted by atomic mass is 16.5. The molecule has 0 saturated carbocycles. The number of ether oxygens (including phenoxy) is 1. The molecule has 0 aromatic heterocycles. The van der Waals surface area contributed by atoms with E-state index < -0.39 is 29.5 Å². The van der Waals surface area contributed by atoms with E-state index in [2.05, 4.69) is 0 Å². The normalized spacial score (nSPS) is 44.2. The van der Waals surface area contributed by atoms with Crippen molar-refractivity contribution < 1.29 is 19.4 Å². The molecule has 5 heteroatoms. The molecule has 3 heterocycles. The van der Waals surface area contributed by atoms with Gasteiger partial charge in [0.1, 0.15) is 5.60 Å². The molecule has 0 aromatic rings. The quantitative estimate of drug-likeness (QED) is 0.535. The number of carboxylic acid groups (broad SMARTS) is 1. The first-order valence-electron chi connectivity index (χ1n) is 5.46. The Bertz CT molecular complexity index is 405. The van der Waals surface area contributed by atoms with Crippen LogP contribution in [0.4, 0.5) is 0 Å². The Morgan fingerprint density at radius 1 is 1.75 bits per heavy atom. The SMILES string of the molecule is CCN1C[C@@]23C=C[C@@H](O2)[C@H](C(=O)[O-])[C@@H]3C1=O. The number of rotatable bonds is 2. The minimum absolute atomic E-state index is 0.122. The van der Waals surface area contributed by atoms with Crippen molar-refractivity contribution in [1.82, 2.24) is 4.90 Å². The van der Waals surface area contributed by atoms with E-state index in [9.17, 15) is 14.7 Å². The fraction of sp³-hybridized carbons (Fsp3) is 0.636. The second-order valence-corrected chi connectivity index (χ2v) is 4.57. The zero-order chi connectivity index (χ0) is 11.5. The Morgan fingerprint density at radius 3 is 3.12 bits per heavy atom. The van der Waals surface area contributed by atoms with Gasteiger partial charge in [0.25, 0.3) is 0 Å². The number of amides is 1. The van der Waals surface area contributed by atoms with E-state index in [1.54, 1.807) is 11.0 Å². The number of nitrogens with zero attached hydrogens (tertiary/aromatic N) is 1. The number of fused-ring (bicyclic) bond motifs is 1. The molecular formula is C11H12NO4-. The fourth-order valence-electron chi connectivity index (χ4n) is 3.11. The summed E-state index contributed by atoms with van der Waals surface area (Å²) >= 11 is 0. The van der Waals surface area contributed by atoms with Crippen molar-refractivity contribution >= 4 is 11.9 Å². The first-order chi connectivity index (χ1) is 7.59. The predicted octanol–water partition coefficient (Wildman–Crippen LogP) is -1.46. The van der Waals surface area contributed by atoms with Crippen LogP contribution in [-0.2, 0) is 14.3 Å². The Kier molecular flexibility index (Phi) is 1.75. The minimum Gasteiger partial charge on any atom is -0.550 e. The lowest BCUT2D eigenvalue weighted by atomic mass is 9.77. The molecule has 3 rings (SSSR count). The van der Waals surface area contributed by atoms with E-state index >= 15 is 0 Å². The molecule has 0 aromatic carbocycles. The predicted molar refractivity (Wildman–Crippen MR) is 51.0 cm³/mol. The van der Waals surface area contributed by atoms with Gasteiger partial charge in [0.05, 0.1) is 18.6 Å². The van der Waals surface area contributed by atoms with Crippen molar-refractivity contribution in [1.29, 1.82) is 0 Å². The number of carbonyl (C=O) groups is 2. The highest BCUT2D eigenvalue weighted by Gasteiger charge is 2.64. The Balaban J connectivity index is 2.03. The van der Waals surface area contributed by atoms with Gasteiger partial charge in [-0.25, -0.2) is 0 Å². The fourth-order valence-corrected chi connectivity index (χ4v) is 3.11. The highest BCUT2D eigenvalue weighted by molar-refractivity contribution is 5.90. The van der Waals surface area contributed by atoms with E-state index in [-0.39, 0.29) is 5.91 Å². The summed E-state index contributed by atoms with van der Waals surface area (Å²) in [5.74, 6) is -2.72. The summed E-state index contributed by atoms with van der Waals surface area (Å²) in [6, 6.07) is 0. The zero-order valence-electron chi connectivity index (χ0n) is 8.88. The topological polar surface area (TPSA) is 69.7 Å². The molecule has 1 amide bonds. The second kappa shape index (κ2) is 2.85. The molecule has 0 N–H and O–H groups in total. The monoisotopic (exact) mass is 222 g/mol. The summed E-state index contributed by atoms with van der Waals surface area (Å²) in [5.41, 5.74) is -0.706. The van der Waals surface area contributed by atoms with E-state index in [0.29, 0.717) is 13.1 Å². The maximum atomic E-state index is 12.0. The molecule has 2 fully saturated rings. The number of aliphatic carboxylic acids is 1. The maximum Gasteiger partial charge on any atom is 0.229 e. The Labute approximate surface area is 92.7 Å². The third-order valence-electron chi connectivity index (χ3n) is 3.83. The highest BCUT2D eigenvalue weighted by Crippen LogP contribution is 2.51. The lowest BCUT2D eigenvalue weighted by molar-refractivity contribution is -0.313. The van der Waals surface area contributed by atoms with Crippen LogP contribution in [0.1, 0.15) is 6.92 Å². The third-order valence-corrected chi connectivity index (χ3v) is 3.83. The molecule has 0 radical (unpaired) electrons. The molecule has 1 spiro atoms. The lowest BCUT2D eigenvalue weighted by Gasteiger charge is -2.24. The van der Waals surface area contributed by atoms with Crippen molar-refractivity contribution in [2.75, 3.05) is 13.1 Å². The summed E-state index contributed by atoms with van der Waals surface area (Å²) < 4.78 is 5.67. The number of hydrogen-bond acceptors (Lipinski definition) is 4. The average Bonchev–Trinajstić information content (AvgIpc) is 2.86. The third kappa shape index (κ3) is 0.942. The van der Waals surface area contributed by atoms with E-state index in [0.717, 1.165) is 0 Å². The van der Waals surface area contributed by atoms with Crippen LogP contribution in [0.15, 0.2) is 12.2 Å². The van der Waals surface area contributed by atoms with Crippen molar-refractivity contribution in [3.63, 3.8) is 0 Å². The standard InChI is InChI=1S/C11H13NO4/c1-2-12-5-11-4-3-6(16-11)7(10(14)15)8(11)9(12)13/h3-4,6-8H,2,5H2,1H3,(H,14,15)/p-1/t6-,7+,8-,11-/m1/s1. The molecule has 5 nitrogen and oxygen atoms in total. The van der Waals surface area contributed by atoms with E-state index in [4.69, 9.17) is 4.74 Å². The van der Waals surface area contributed by atoms with Crippen LogP contribution >= 0.6 is 0 Å². The van der Waals surface area contributed by atoms with E-state index in [1.807, 2.05) is 13.0 Å². The van der Waals surface area contributed by atoms with Crippen LogP contribution in [0.3, 0.4) is 0 Å². The van der Waals surface area contributed by atoms with Gasteiger partial charge < -0.3 is 19.5 Å². The van der Waals surface area contributed by atoms with Crippen LogP contribution in [0.2, 0.25) is 0 Å². The van der Waals surface area contributed by atoms with Crippen molar-refractivity contribution in [3.8, 4) is 0 Å². The van der Waals surface area contributed by atoms with Gasteiger partial charge in [-0.15, -0.1) is 0 Å². The average molecular weight is 222 g/mol. The van der Waals surface area contributed by atoms with Crippen molar-refractivity contribution in [2.45, 2.75) is 18.6 Å². The number of likely N-dealkylation sites (N-methyl/N-ethyl adjacent to an activating group) is 1. The van der Waals surface area contributed by atoms with Gasteiger partial charge in [-0.1, -0.05) is 12.2 Å². The van der Waals surface area contributed by atoms with Crippen LogP contribution in [0, 0.1) is 11.8 Å². The maximum absolute atomic E-state index is 12.0. The van der Waals surface area contributed by atoms with Gasteiger partial charge in [0.2, 0.25) is 5.91 Å². The largest absolute Gasteiger partial charge is 0.550 e. The van der Waals surface area contributed by atoms with Gasteiger partial charge >= 0.3 is 0 Å². The molecule has 2 bridgehead atoms. The number of hydrogen-bond donors (Lipinski definition) is 0. The Morgan fingerprint density at radius 2 is 2.50 bits per heavy atom. The van der Waals surface area contributed by atoms with Crippen LogP contribution in [-0.4, -0.2) is 41.6 Å². The first-order valence-corrected chi connectivity index (χ1v) is 5.46. The number of carbonyl (C=O) groups excluding carboxylic acids is 2. The van der Waals surface area contributed by atoms with Crippen LogP contribution < -0.4 is 5.11 Å². The van der Waals surface area contributed by atoms with Crippen LogP contribution in [0.5, 0.6) is 0 Å². The number of likely N-dealkylation sites (tertiary alicyclic amines) is 1. The van der Waals surface area contributed by atoms with Crippen molar-refractivity contribution in [2.24, 2.45) is 11.8 Å². The summed E-state index contributed by atoms with van der Waals surface area (Å²) in [4.78, 5) is 24.8. The molecule has 16 heavy (non-hydrogen) atoms. The molecule has 3 aliphatic heterocycles. The number of carboxylic acids is 1. The molecule has 2 saturated heterocycles. The molecule has 4 atom stereocenters. The summed E-state index contributed by atoms with van der Waals surface area (Å²) in [7, 11) is 0. The first kappa shape index (κ1) is 9.84. The Hall–Kier alpha value is -1.36. The van der Waals surface area contributed by atoms with Gasteiger partial charge in [-0.2, -0.15) is 0 Å². The summed E-state index contributed by atoms with van der Waals surface area (Å²) in [6.07, 6.45) is 3.09. The molecule has 3 aliphatic rings. The van der Waals surface area contributed by atoms with Gasteiger partial charge in [-0.05, 0) is 6.92 Å². The molecule has 0 unspecified atom stereocenters. The van der Waals surface area contributed by atoms with Gasteiger partial charge in [0, 0.05) is 18.4 Å². The smallest absolute Gasteiger partial charge is 0.229 e. The van der Waals surface area contributed by atoms with Gasteiger partial charge in [-0.3, -0.25) is 4.79 Å². The van der Waals surface area contributed by atoms with Crippen molar-refractivity contribution in [3.05, 3.63) is 12.2 Å². The molecule has 86 valence electrons. The molecular weight excluding hydrogens is 210 g/mol.